The summed E-state index contributed by atoms with van der Waals surface area (Å²) in [6.07, 6.45) is 0. The summed E-state index contributed by atoms with van der Waals surface area (Å²) in [7, 11) is 0. The van der Waals surface area contributed by atoms with Crippen molar-refractivity contribution in [1.29, 1.82) is 0 Å². The maximum absolute atomic E-state index is 12.2. The van der Waals surface area contributed by atoms with E-state index in [4.69, 9.17) is 4.74 Å². The Bertz CT molecular complexity index is 707. The smallest absolute Gasteiger partial charge is 0.413 e. The molecule has 2 rings (SSSR count). The molecule has 0 saturated carbocycles. The molecule has 7 nitrogen and oxygen atoms in total. The number of nitrogens with zero attached hydrogens (tertiary/aromatic N) is 3. The molecule has 0 atom stereocenters. The Morgan fingerprint density at radius 3 is 2.45 bits per heavy atom. The third-order valence-corrected chi connectivity index (χ3v) is 3.34. The summed E-state index contributed by atoms with van der Waals surface area (Å²) in [5.41, 5.74) is 0.890. The molecule has 0 spiro atoms. The van der Waals surface area contributed by atoms with E-state index in [1.807, 2.05) is 37.3 Å². The normalized spacial score (nSPS) is 10.5. The van der Waals surface area contributed by atoms with Gasteiger partial charge in [-0.1, -0.05) is 22.9 Å². The molecule has 0 N–H and O–H groups in total. The van der Waals surface area contributed by atoms with Crippen LogP contribution in [0.3, 0.4) is 0 Å². The lowest BCUT2D eigenvalue weighted by atomic mass is 10.3. The zero-order chi connectivity index (χ0) is 16.3. The fraction of sp³-hybridized carbons (Fsp3) is 0.333. The number of carbonyl (C=O) groups excluding carboxylic acids is 1. The molecule has 0 aliphatic carbocycles. The van der Waals surface area contributed by atoms with Crippen LogP contribution in [-0.2, 0) is 11.3 Å². The van der Waals surface area contributed by atoms with Gasteiger partial charge in [0.1, 0.15) is 5.69 Å². The molecule has 0 unspecified atom stereocenters. The van der Waals surface area contributed by atoms with Gasteiger partial charge in [0.2, 0.25) is 0 Å². The number of esters is 1. The quantitative estimate of drug-likeness (QED) is 0.367. The SMILES string of the molecule is CCOC(=O)c1c([N+](=O)[O-])c(C)n(-c2ccccc2)[n+]1CC. The zero-order valence-corrected chi connectivity index (χ0v) is 12.8. The van der Waals surface area contributed by atoms with Gasteiger partial charge >= 0.3 is 17.4 Å². The molecule has 7 heteroatoms. The van der Waals surface area contributed by atoms with E-state index in [1.165, 1.54) is 0 Å². The average molecular weight is 304 g/mol. The van der Waals surface area contributed by atoms with Gasteiger partial charge in [-0.2, -0.15) is 0 Å². The minimum Gasteiger partial charge on any atom is -0.458 e. The Morgan fingerprint density at radius 2 is 1.95 bits per heavy atom. The van der Waals surface area contributed by atoms with Crippen molar-refractivity contribution < 1.29 is 19.1 Å². The van der Waals surface area contributed by atoms with E-state index in [0.717, 1.165) is 5.69 Å². The molecule has 22 heavy (non-hydrogen) atoms. The predicted octanol–water partition coefficient (Wildman–Crippen LogP) is 2.18. The highest BCUT2D eigenvalue weighted by molar-refractivity contribution is 5.90. The largest absolute Gasteiger partial charge is 0.458 e. The van der Waals surface area contributed by atoms with Crippen molar-refractivity contribution in [2.45, 2.75) is 27.3 Å². The second-order valence-corrected chi connectivity index (χ2v) is 4.62. The fourth-order valence-corrected chi connectivity index (χ4v) is 2.50. The number of carbonyl (C=O) groups is 1. The van der Waals surface area contributed by atoms with Crippen LogP contribution in [0, 0.1) is 17.0 Å². The molecule has 0 saturated heterocycles. The summed E-state index contributed by atoms with van der Waals surface area (Å²) < 4.78 is 8.23. The Morgan fingerprint density at radius 1 is 1.32 bits per heavy atom. The first-order valence-corrected chi connectivity index (χ1v) is 7.05. The Balaban J connectivity index is 2.78. The fourth-order valence-electron chi connectivity index (χ4n) is 2.50. The van der Waals surface area contributed by atoms with E-state index in [2.05, 4.69) is 0 Å². The number of nitro groups is 1. The van der Waals surface area contributed by atoms with E-state index in [9.17, 15) is 14.9 Å². The van der Waals surface area contributed by atoms with Gasteiger partial charge in [0.05, 0.1) is 11.5 Å². The third kappa shape index (κ3) is 2.57. The molecule has 1 aromatic carbocycles. The highest BCUT2D eigenvalue weighted by atomic mass is 16.6. The highest BCUT2D eigenvalue weighted by Crippen LogP contribution is 2.25. The number of aromatic nitrogens is 2. The second kappa shape index (κ2) is 6.38. The first-order chi connectivity index (χ1) is 10.5. The zero-order valence-electron chi connectivity index (χ0n) is 12.8. The maximum Gasteiger partial charge on any atom is 0.413 e. The van der Waals surface area contributed by atoms with Crippen LogP contribution in [0.5, 0.6) is 0 Å². The standard InChI is InChI=1S/C15H18N3O4/c1-4-16-14(15(19)22-5-2)13(18(20)21)11(3)17(16)12-9-7-6-8-10-12/h6-10H,4-5H2,1-3H3/q+1. The molecule has 0 radical (unpaired) electrons. The number of ether oxygens (including phenoxy) is 1. The minimum absolute atomic E-state index is 0.0318. The summed E-state index contributed by atoms with van der Waals surface area (Å²) in [5.74, 6) is -0.686. The van der Waals surface area contributed by atoms with Crippen LogP contribution in [0.1, 0.15) is 30.0 Å². The van der Waals surface area contributed by atoms with Crippen LogP contribution >= 0.6 is 0 Å². The predicted molar refractivity (Wildman–Crippen MR) is 79.0 cm³/mol. The van der Waals surface area contributed by atoms with Crippen LogP contribution in [0.25, 0.3) is 5.69 Å². The molecular weight excluding hydrogens is 286 g/mol. The summed E-state index contributed by atoms with van der Waals surface area (Å²) >= 11 is 0. The maximum atomic E-state index is 12.2. The monoisotopic (exact) mass is 304 g/mol. The van der Waals surface area contributed by atoms with Gasteiger partial charge in [-0.15, -0.1) is 4.68 Å². The molecule has 0 amide bonds. The van der Waals surface area contributed by atoms with Crippen molar-refractivity contribution in [3.8, 4) is 5.69 Å². The molecule has 2 aromatic rings. The second-order valence-electron chi connectivity index (χ2n) is 4.62. The van der Waals surface area contributed by atoms with Crippen LogP contribution in [-0.4, -0.2) is 22.2 Å². The first-order valence-electron chi connectivity index (χ1n) is 7.05. The Kier molecular flexibility index (Phi) is 4.55. The topological polar surface area (TPSA) is 78.2 Å². The average Bonchev–Trinajstić information content (AvgIpc) is 2.81. The van der Waals surface area contributed by atoms with E-state index in [0.29, 0.717) is 12.2 Å². The number of para-hydroxylation sites is 1. The van der Waals surface area contributed by atoms with Gasteiger partial charge in [0, 0.05) is 0 Å². The molecule has 116 valence electrons. The van der Waals surface area contributed by atoms with Gasteiger partial charge in [0.25, 0.3) is 0 Å². The van der Waals surface area contributed by atoms with Gasteiger partial charge in [-0.05, 0) is 32.9 Å². The molecular formula is C15H18N3O4+. The molecule has 0 fully saturated rings. The van der Waals surface area contributed by atoms with Crippen LogP contribution in [0.2, 0.25) is 0 Å². The lowest BCUT2D eigenvalue weighted by Crippen LogP contribution is -2.46. The van der Waals surface area contributed by atoms with Crippen molar-refractivity contribution in [3.63, 3.8) is 0 Å². The number of hydrogen-bond donors (Lipinski definition) is 0. The molecule has 0 aliphatic heterocycles. The summed E-state index contributed by atoms with van der Waals surface area (Å²) in [4.78, 5) is 23.1. The molecule has 1 aromatic heterocycles. The van der Waals surface area contributed by atoms with Crippen LogP contribution in [0.4, 0.5) is 5.69 Å². The van der Waals surface area contributed by atoms with Crippen molar-refractivity contribution in [2.24, 2.45) is 0 Å². The minimum atomic E-state index is -0.686. The third-order valence-electron chi connectivity index (χ3n) is 3.34. The lowest BCUT2D eigenvalue weighted by Gasteiger charge is -2.03. The Hall–Kier alpha value is -2.70. The first kappa shape index (κ1) is 15.7. The van der Waals surface area contributed by atoms with Crippen molar-refractivity contribution >= 4 is 11.7 Å². The van der Waals surface area contributed by atoms with Gasteiger partial charge in [0.15, 0.2) is 12.2 Å². The van der Waals surface area contributed by atoms with E-state index < -0.39 is 10.9 Å². The van der Waals surface area contributed by atoms with Crippen LogP contribution < -0.4 is 4.68 Å². The number of hydrogen-bond acceptors (Lipinski definition) is 4. The van der Waals surface area contributed by atoms with Gasteiger partial charge in [-0.25, -0.2) is 4.79 Å². The Labute approximate surface area is 127 Å². The van der Waals surface area contributed by atoms with Gasteiger partial charge < -0.3 is 4.74 Å². The van der Waals surface area contributed by atoms with Gasteiger partial charge in [-0.3, -0.25) is 10.1 Å². The summed E-state index contributed by atoms with van der Waals surface area (Å²) in [5, 5.41) is 11.4. The van der Waals surface area contributed by atoms with Crippen molar-refractivity contribution in [1.82, 2.24) is 4.68 Å². The van der Waals surface area contributed by atoms with Crippen molar-refractivity contribution in [3.05, 3.63) is 51.8 Å². The summed E-state index contributed by atoms with van der Waals surface area (Å²) in [6.45, 7) is 5.68. The highest BCUT2D eigenvalue weighted by Gasteiger charge is 2.42. The molecule has 0 bridgehead atoms. The van der Waals surface area contributed by atoms with Crippen molar-refractivity contribution in [2.75, 3.05) is 6.61 Å². The van der Waals surface area contributed by atoms with Crippen LogP contribution in [0.15, 0.2) is 30.3 Å². The lowest BCUT2D eigenvalue weighted by molar-refractivity contribution is -0.766. The number of benzene rings is 1. The summed E-state index contributed by atoms with van der Waals surface area (Å²) in [6, 6.07) is 9.20. The molecule has 0 aliphatic rings. The van der Waals surface area contributed by atoms with E-state index in [1.54, 1.807) is 23.2 Å². The number of rotatable bonds is 5. The van der Waals surface area contributed by atoms with E-state index in [-0.39, 0.29) is 18.0 Å². The molecule has 1 heterocycles. The van der Waals surface area contributed by atoms with E-state index >= 15 is 0 Å².